The highest BCUT2D eigenvalue weighted by molar-refractivity contribution is 6.30. The van der Waals surface area contributed by atoms with E-state index in [1.807, 2.05) is 13.1 Å². The highest BCUT2D eigenvalue weighted by Crippen LogP contribution is 2.36. The average Bonchev–Trinajstić information content (AvgIpc) is 2.66. The Morgan fingerprint density at radius 1 is 1.44 bits per heavy atom. The van der Waals surface area contributed by atoms with Crippen LogP contribution in [0, 0.1) is 0 Å². The van der Waals surface area contributed by atoms with Crippen LogP contribution in [-0.2, 0) is 6.42 Å². The minimum absolute atomic E-state index is 0.548. The van der Waals surface area contributed by atoms with Gasteiger partial charge in [-0.05, 0) is 70.5 Å². The van der Waals surface area contributed by atoms with Crippen LogP contribution >= 0.6 is 11.6 Å². The molecule has 100 valence electrons. The predicted octanol–water partition coefficient (Wildman–Crippen LogP) is 3.48. The number of rotatable bonds is 5. The van der Waals surface area contributed by atoms with Gasteiger partial charge in [0.25, 0.3) is 0 Å². The molecule has 0 saturated carbocycles. The normalized spacial score (nSPS) is 18.5. The smallest absolute Gasteiger partial charge is 0.0410 e. The van der Waals surface area contributed by atoms with Crippen LogP contribution in [0.15, 0.2) is 18.2 Å². The van der Waals surface area contributed by atoms with Gasteiger partial charge in [-0.15, -0.1) is 0 Å². The number of fused-ring (bicyclic) bond motifs is 1. The van der Waals surface area contributed by atoms with E-state index in [4.69, 9.17) is 11.6 Å². The fraction of sp³-hybridized carbons (Fsp3) is 0.600. The van der Waals surface area contributed by atoms with E-state index in [1.165, 1.54) is 24.1 Å². The molecule has 0 spiro atoms. The third-order valence-electron chi connectivity index (χ3n) is 3.69. The Morgan fingerprint density at radius 3 is 2.89 bits per heavy atom. The minimum Gasteiger partial charge on any atom is -0.366 e. The van der Waals surface area contributed by atoms with Crippen molar-refractivity contribution in [3.8, 4) is 0 Å². The van der Waals surface area contributed by atoms with Gasteiger partial charge in [0.15, 0.2) is 0 Å². The summed E-state index contributed by atoms with van der Waals surface area (Å²) in [5.41, 5.74) is 2.79. The second-order valence-corrected chi connectivity index (χ2v) is 5.81. The number of nitrogens with zero attached hydrogens (tertiary/aromatic N) is 1. The van der Waals surface area contributed by atoms with E-state index < -0.39 is 0 Å². The van der Waals surface area contributed by atoms with Gasteiger partial charge in [0.1, 0.15) is 0 Å². The van der Waals surface area contributed by atoms with Crippen molar-refractivity contribution in [1.29, 1.82) is 0 Å². The van der Waals surface area contributed by atoms with Crippen LogP contribution in [-0.4, -0.2) is 25.7 Å². The molecular formula is C15H23ClN2. The maximum absolute atomic E-state index is 6.10. The van der Waals surface area contributed by atoms with Crippen molar-refractivity contribution in [3.05, 3.63) is 28.8 Å². The highest BCUT2D eigenvalue weighted by Gasteiger charge is 2.30. The molecule has 0 aliphatic carbocycles. The lowest BCUT2D eigenvalue weighted by Crippen LogP contribution is -2.38. The summed E-state index contributed by atoms with van der Waals surface area (Å²) < 4.78 is 0. The fourth-order valence-corrected chi connectivity index (χ4v) is 3.17. The second-order valence-electron chi connectivity index (χ2n) is 5.38. The molecular weight excluding hydrogens is 244 g/mol. The zero-order valence-corrected chi connectivity index (χ0v) is 12.3. The number of benzene rings is 1. The summed E-state index contributed by atoms with van der Waals surface area (Å²) in [5.74, 6) is 0. The molecule has 1 aromatic carbocycles. The second kappa shape index (κ2) is 5.94. The van der Waals surface area contributed by atoms with Gasteiger partial charge in [-0.25, -0.2) is 0 Å². The molecule has 1 unspecified atom stereocenters. The number of halogens is 1. The standard InChI is InChI=1S/C15H23ClN2/c1-11(2)18-14(5-4-8-17-3)10-12-9-13(16)6-7-15(12)18/h6-7,9,11,14,17H,4-5,8,10H2,1-3H3. The van der Waals surface area contributed by atoms with Gasteiger partial charge in [0.2, 0.25) is 0 Å². The van der Waals surface area contributed by atoms with E-state index >= 15 is 0 Å². The van der Waals surface area contributed by atoms with Crippen molar-refractivity contribution in [3.63, 3.8) is 0 Å². The van der Waals surface area contributed by atoms with Crippen LogP contribution < -0.4 is 10.2 Å². The van der Waals surface area contributed by atoms with E-state index in [9.17, 15) is 0 Å². The van der Waals surface area contributed by atoms with Gasteiger partial charge in [0, 0.05) is 22.8 Å². The van der Waals surface area contributed by atoms with Gasteiger partial charge in [-0.3, -0.25) is 0 Å². The summed E-state index contributed by atoms with van der Waals surface area (Å²) in [6.45, 7) is 5.64. The summed E-state index contributed by atoms with van der Waals surface area (Å²) in [6.07, 6.45) is 3.61. The lowest BCUT2D eigenvalue weighted by Gasteiger charge is -2.31. The van der Waals surface area contributed by atoms with Crippen molar-refractivity contribution in [2.45, 2.75) is 45.2 Å². The molecule has 1 aliphatic heterocycles. The van der Waals surface area contributed by atoms with Crippen LogP contribution in [0.5, 0.6) is 0 Å². The molecule has 2 rings (SSSR count). The van der Waals surface area contributed by atoms with Gasteiger partial charge in [-0.1, -0.05) is 11.6 Å². The van der Waals surface area contributed by atoms with Crippen LogP contribution in [0.2, 0.25) is 5.02 Å². The molecule has 0 bridgehead atoms. The maximum atomic E-state index is 6.10. The van der Waals surface area contributed by atoms with Gasteiger partial charge < -0.3 is 10.2 Å². The molecule has 0 fully saturated rings. The van der Waals surface area contributed by atoms with Crippen LogP contribution in [0.4, 0.5) is 5.69 Å². The summed E-state index contributed by atoms with van der Waals surface area (Å²) >= 11 is 6.10. The molecule has 0 aromatic heterocycles. The zero-order chi connectivity index (χ0) is 13.1. The van der Waals surface area contributed by atoms with E-state index in [-0.39, 0.29) is 0 Å². The van der Waals surface area contributed by atoms with Crippen molar-refractivity contribution in [2.75, 3.05) is 18.5 Å². The first-order valence-corrected chi connectivity index (χ1v) is 7.22. The van der Waals surface area contributed by atoms with Crippen molar-refractivity contribution in [2.24, 2.45) is 0 Å². The number of hydrogen-bond acceptors (Lipinski definition) is 2. The Bertz CT molecular complexity index is 403. The molecule has 0 saturated heterocycles. The third-order valence-corrected chi connectivity index (χ3v) is 3.92. The Hall–Kier alpha value is -0.730. The molecule has 18 heavy (non-hydrogen) atoms. The van der Waals surface area contributed by atoms with Crippen molar-refractivity contribution in [1.82, 2.24) is 5.32 Å². The highest BCUT2D eigenvalue weighted by atomic mass is 35.5. The van der Waals surface area contributed by atoms with Crippen LogP contribution in [0.3, 0.4) is 0 Å². The monoisotopic (exact) mass is 266 g/mol. The topological polar surface area (TPSA) is 15.3 Å². The molecule has 1 N–H and O–H groups in total. The SMILES string of the molecule is CNCCCC1Cc2cc(Cl)ccc2N1C(C)C. The molecule has 1 atom stereocenters. The Labute approximate surface area is 115 Å². The Kier molecular flexibility index (Phi) is 4.52. The molecule has 3 heteroatoms. The van der Waals surface area contributed by atoms with Crippen molar-refractivity contribution >= 4 is 17.3 Å². The van der Waals surface area contributed by atoms with Gasteiger partial charge in [0.05, 0.1) is 0 Å². The largest absolute Gasteiger partial charge is 0.366 e. The molecule has 1 aromatic rings. The van der Waals surface area contributed by atoms with Gasteiger partial charge in [-0.2, -0.15) is 0 Å². The Balaban J connectivity index is 2.15. The molecule has 1 aliphatic rings. The Morgan fingerprint density at radius 2 is 2.22 bits per heavy atom. The van der Waals surface area contributed by atoms with E-state index in [2.05, 4.69) is 36.2 Å². The predicted molar refractivity (Wildman–Crippen MR) is 79.7 cm³/mol. The summed E-state index contributed by atoms with van der Waals surface area (Å²) in [4.78, 5) is 2.56. The third kappa shape index (κ3) is 2.81. The number of anilines is 1. The maximum Gasteiger partial charge on any atom is 0.0410 e. The average molecular weight is 267 g/mol. The first-order chi connectivity index (χ1) is 8.63. The van der Waals surface area contributed by atoms with E-state index in [0.717, 1.165) is 18.0 Å². The van der Waals surface area contributed by atoms with Crippen molar-refractivity contribution < 1.29 is 0 Å². The molecule has 1 heterocycles. The quantitative estimate of drug-likeness (QED) is 0.821. The van der Waals surface area contributed by atoms with E-state index in [1.54, 1.807) is 0 Å². The van der Waals surface area contributed by atoms with E-state index in [0.29, 0.717) is 12.1 Å². The number of hydrogen-bond donors (Lipinski definition) is 1. The van der Waals surface area contributed by atoms with Crippen LogP contribution in [0.1, 0.15) is 32.3 Å². The minimum atomic E-state index is 0.548. The summed E-state index contributed by atoms with van der Waals surface area (Å²) in [5, 5.41) is 4.08. The zero-order valence-electron chi connectivity index (χ0n) is 11.5. The first kappa shape index (κ1) is 13.7. The lowest BCUT2D eigenvalue weighted by molar-refractivity contribution is 0.513. The first-order valence-electron chi connectivity index (χ1n) is 6.85. The molecule has 0 amide bonds. The molecule has 0 radical (unpaired) electrons. The fourth-order valence-electron chi connectivity index (χ4n) is 2.97. The van der Waals surface area contributed by atoms with Gasteiger partial charge >= 0.3 is 0 Å². The summed E-state index contributed by atoms with van der Waals surface area (Å²) in [6, 6.07) is 7.49. The molecule has 2 nitrogen and oxygen atoms in total. The summed E-state index contributed by atoms with van der Waals surface area (Å²) in [7, 11) is 2.02. The van der Waals surface area contributed by atoms with Crippen LogP contribution in [0.25, 0.3) is 0 Å². The number of nitrogens with one attached hydrogen (secondary N) is 1. The lowest BCUT2D eigenvalue weighted by atomic mass is 10.1.